The summed E-state index contributed by atoms with van der Waals surface area (Å²) in [5.74, 6) is 0.120. The number of hydrogen-bond acceptors (Lipinski definition) is 4. The van der Waals surface area contributed by atoms with Crippen molar-refractivity contribution in [1.29, 1.82) is 0 Å². The van der Waals surface area contributed by atoms with E-state index in [0.717, 1.165) is 25.6 Å². The van der Waals surface area contributed by atoms with Crippen LogP contribution in [0.2, 0.25) is 0 Å². The molecule has 5 heteroatoms. The van der Waals surface area contributed by atoms with Gasteiger partial charge in [-0.1, -0.05) is 30.3 Å². The monoisotopic (exact) mass is 363 g/mol. The predicted molar refractivity (Wildman–Crippen MR) is 87.6 cm³/mol. The molecular formula is C15H10BrNOS2. The molecule has 1 aromatic carbocycles. The SMILES string of the molecule is O=C(Cc1nc(-c2ccccc2)cs1)c1cc(Br)cs1. The van der Waals surface area contributed by atoms with Gasteiger partial charge in [0.25, 0.3) is 0 Å². The first-order valence-corrected chi connectivity index (χ1v) is 8.54. The number of thiazole rings is 1. The summed E-state index contributed by atoms with van der Waals surface area (Å²) in [6.07, 6.45) is 0.366. The average Bonchev–Trinajstić information content (AvgIpc) is 3.09. The molecule has 0 fully saturated rings. The summed E-state index contributed by atoms with van der Waals surface area (Å²) in [4.78, 5) is 17.4. The molecule has 0 N–H and O–H groups in total. The van der Waals surface area contributed by atoms with Crippen molar-refractivity contribution in [2.45, 2.75) is 6.42 Å². The van der Waals surface area contributed by atoms with Gasteiger partial charge in [0, 0.05) is 20.8 Å². The van der Waals surface area contributed by atoms with E-state index in [-0.39, 0.29) is 5.78 Å². The standard InChI is InChI=1S/C15H10BrNOS2/c16-11-6-14(19-8-11)13(18)7-15-17-12(9-20-15)10-4-2-1-3-5-10/h1-6,8-9H,7H2. The molecule has 0 aliphatic heterocycles. The first-order valence-electron chi connectivity index (χ1n) is 5.99. The van der Waals surface area contributed by atoms with Crippen LogP contribution >= 0.6 is 38.6 Å². The lowest BCUT2D eigenvalue weighted by molar-refractivity contribution is 0.0997. The maximum atomic E-state index is 12.1. The third-order valence-corrected chi connectivity index (χ3v) is 5.36. The molecule has 0 radical (unpaired) electrons. The third-order valence-electron chi connectivity index (χ3n) is 2.78. The molecule has 100 valence electrons. The zero-order valence-corrected chi connectivity index (χ0v) is 13.6. The molecule has 0 atom stereocenters. The largest absolute Gasteiger partial charge is 0.293 e. The molecule has 2 nitrogen and oxygen atoms in total. The second-order valence-corrected chi connectivity index (χ2v) is 6.99. The highest BCUT2D eigenvalue weighted by Crippen LogP contribution is 2.24. The van der Waals surface area contributed by atoms with Crippen molar-refractivity contribution in [1.82, 2.24) is 4.98 Å². The number of hydrogen-bond donors (Lipinski definition) is 0. The van der Waals surface area contributed by atoms with Crippen molar-refractivity contribution in [3.8, 4) is 11.3 Å². The number of halogens is 1. The van der Waals surface area contributed by atoms with Gasteiger partial charge in [-0.05, 0) is 22.0 Å². The Hall–Kier alpha value is -1.30. The Balaban J connectivity index is 1.76. The Kier molecular flexibility index (Phi) is 4.10. The Morgan fingerprint density at radius 3 is 2.65 bits per heavy atom. The molecule has 0 saturated heterocycles. The summed E-state index contributed by atoms with van der Waals surface area (Å²) in [5, 5.41) is 4.78. The van der Waals surface area contributed by atoms with E-state index in [4.69, 9.17) is 0 Å². The van der Waals surface area contributed by atoms with E-state index < -0.39 is 0 Å². The topological polar surface area (TPSA) is 30.0 Å². The van der Waals surface area contributed by atoms with E-state index in [1.54, 1.807) is 0 Å². The Morgan fingerprint density at radius 2 is 1.95 bits per heavy atom. The third kappa shape index (κ3) is 3.06. The van der Waals surface area contributed by atoms with Crippen LogP contribution in [0.15, 0.2) is 51.6 Å². The van der Waals surface area contributed by atoms with Crippen LogP contribution in [0.1, 0.15) is 14.7 Å². The van der Waals surface area contributed by atoms with Gasteiger partial charge in [-0.25, -0.2) is 4.98 Å². The van der Waals surface area contributed by atoms with Crippen LogP contribution in [0.25, 0.3) is 11.3 Å². The van der Waals surface area contributed by atoms with Gasteiger partial charge < -0.3 is 0 Å². The van der Waals surface area contributed by atoms with Crippen molar-refractivity contribution < 1.29 is 4.79 Å². The fourth-order valence-corrected chi connectivity index (χ4v) is 3.99. The van der Waals surface area contributed by atoms with E-state index in [1.807, 2.05) is 47.2 Å². The van der Waals surface area contributed by atoms with Crippen molar-refractivity contribution >= 4 is 44.4 Å². The number of nitrogens with zero attached hydrogens (tertiary/aromatic N) is 1. The molecule has 0 aliphatic rings. The zero-order chi connectivity index (χ0) is 13.9. The summed E-state index contributed by atoms with van der Waals surface area (Å²) in [5.41, 5.74) is 2.02. The summed E-state index contributed by atoms with van der Waals surface area (Å²) in [6, 6.07) is 11.9. The van der Waals surface area contributed by atoms with E-state index in [0.29, 0.717) is 6.42 Å². The van der Waals surface area contributed by atoms with Gasteiger partial charge in [0.05, 0.1) is 17.0 Å². The van der Waals surface area contributed by atoms with Crippen LogP contribution in [0.5, 0.6) is 0 Å². The van der Waals surface area contributed by atoms with Gasteiger partial charge in [0.1, 0.15) is 5.01 Å². The van der Waals surface area contributed by atoms with Gasteiger partial charge in [-0.15, -0.1) is 22.7 Å². The van der Waals surface area contributed by atoms with Crippen LogP contribution in [-0.2, 0) is 6.42 Å². The van der Waals surface area contributed by atoms with Crippen molar-refractivity contribution in [3.63, 3.8) is 0 Å². The fourth-order valence-electron chi connectivity index (χ4n) is 1.82. The molecule has 20 heavy (non-hydrogen) atoms. The van der Waals surface area contributed by atoms with Crippen molar-refractivity contribution in [2.75, 3.05) is 0 Å². The average molecular weight is 364 g/mol. The van der Waals surface area contributed by atoms with Crippen LogP contribution in [0.4, 0.5) is 0 Å². The molecule has 0 aliphatic carbocycles. The summed E-state index contributed by atoms with van der Waals surface area (Å²) in [7, 11) is 0. The predicted octanol–water partition coefficient (Wildman–Crippen LogP) is 5.06. The maximum Gasteiger partial charge on any atom is 0.179 e. The molecular weight excluding hydrogens is 354 g/mol. The van der Waals surface area contributed by atoms with E-state index in [2.05, 4.69) is 20.9 Å². The quantitative estimate of drug-likeness (QED) is 0.606. The number of thiophene rings is 1. The lowest BCUT2D eigenvalue weighted by Crippen LogP contribution is -2.00. The number of carbonyl (C=O) groups is 1. The second kappa shape index (κ2) is 5.99. The first-order chi connectivity index (χ1) is 9.72. The normalized spacial score (nSPS) is 10.7. The minimum atomic E-state index is 0.120. The van der Waals surface area contributed by atoms with E-state index >= 15 is 0 Å². The van der Waals surface area contributed by atoms with Gasteiger partial charge in [0.15, 0.2) is 5.78 Å². The highest BCUT2D eigenvalue weighted by atomic mass is 79.9. The molecule has 2 heterocycles. The number of Topliss-reactive ketones (excluding diaryl/α,β-unsaturated/α-hetero) is 1. The lowest BCUT2D eigenvalue weighted by atomic mass is 10.2. The Morgan fingerprint density at radius 1 is 1.15 bits per heavy atom. The number of aromatic nitrogens is 1. The smallest absolute Gasteiger partial charge is 0.179 e. The molecule has 0 spiro atoms. The summed E-state index contributed by atoms with van der Waals surface area (Å²) >= 11 is 6.36. The van der Waals surface area contributed by atoms with Crippen LogP contribution in [0, 0.1) is 0 Å². The summed E-state index contributed by atoms with van der Waals surface area (Å²) < 4.78 is 0.954. The van der Waals surface area contributed by atoms with E-state index in [9.17, 15) is 4.79 Å². The number of rotatable bonds is 4. The molecule has 2 aromatic heterocycles. The molecule has 0 saturated carbocycles. The minimum absolute atomic E-state index is 0.120. The highest BCUT2D eigenvalue weighted by Gasteiger charge is 2.12. The van der Waals surface area contributed by atoms with Gasteiger partial charge in [0.2, 0.25) is 0 Å². The first kappa shape index (κ1) is 13.7. The van der Waals surface area contributed by atoms with Gasteiger partial charge >= 0.3 is 0 Å². The lowest BCUT2D eigenvalue weighted by Gasteiger charge is -1.95. The molecule has 3 aromatic rings. The minimum Gasteiger partial charge on any atom is -0.293 e. The van der Waals surface area contributed by atoms with Gasteiger partial charge in [-0.2, -0.15) is 0 Å². The Labute approximate surface area is 133 Å². The number of carbonyl (C=O) groups excluding carboxylic acids is 1. The zero-order valence-electron chi connectivity index (χ0n) is 10.4. The van der Waals surface area contributed by atoms with Crippen LogP contribution in [0.3, 0.4) is 0 Å². The molecule has 0 bridgehead atoms. The maximum absolute atomic E-state index is 12.1. The van der Waals surface area contributed by atoms with Crippen LogP contribution < -0.4 is 0 Å². The number of benzene rings is 1. The highest BCUT2D eigenvalue weighted by molar-refractivity contribution is 9.10. The van der Waals surface area contributed by atoms with Crippen molar-refractivity contribution in [2.24, 2.45) is 0 Å². The molecule has 0 amide bonds. The van der Waals surface area contributed by atoms with Crippen LogP contribution in [-0.4, -0.2) is 10.8 Å². The second-order valence-electron chi connectivity index (χ2n) is 4.22. The molecule has 0 unspecified atom stereocenters. The number of ketones is 1. The summed E-state index contributed by atoms with van der Waals surface area (Å²) in [6.45, 7) is 0. The fraction of sp³-hybridized carbons (Fsp3) is 0.0667. The van der Waals surface area contributed by atoms with Gasteiger partial charge in [-0.3, -0.25) is 4.79 Å². The van der Waals surface area contributed by atoms with Crippen molar-refractivity contribution in [3.05, 3.63) is 61.5 Å². The molecule has 3 rings (SSSR count). The Bertz CT molecular complexity index is 733. The van der Waals surface area contributed by atoms with E-state index in [1.165, 1.54) is 22.7 Å².